The van der Waals surface area contributed by atoms with E-state index in [-0.39, 0.29) is 23.1 Å². The molecule has 0 saturated carbocycles. The maximum absolute atomic E-state index is 12.6. The molecule has 1 heterocycles. The summed E-state index contributed by atoms with van der Waals surface area (Å²) in [5.74, 6) is 1.07. The summed E-state index contributed by atoms with van der Waals surface area (Å²) in [5.41, 5.74) is 0.753. The van der Waals surface area contributed by atoms with Crippen molar-refractivity contribution >= 4 is 10.0 Å². The van der Waals surface area contributed by atoms with Gasteiger partial charge in [-0.15, -0.1) is 10.2 Å². The third-order valence-corrected chi connectivity index (χ3v) is 4.98. The van der Waals surface area contributed by atoms with E-state index in [1.54, 1.807) is 6.07 Å². The first-order valence-corrected chi connectivity index (χ1v) is 9.11. The van der Waals surface area contributed by atoms with E-state index in [9.17, 15) is 8.42 Å². The SMILES string of the molecule is COc1ccc(OC)c(S(=O)(=O)NCc2nnc(-c3ccccc3)o2)c1. The van der Waals surface area contributed by atoms with Gasteiger partial charge in [0.25, 0.3) is 0 Å². The lowest BCUT2D eigenvalue weighted by Crippen LogP contribution is -2.24. The molecule has 0 aliphatic carbocycles. The molecule has 1 aromatic heterocycles. The molecule has 0 radical (unpaired) electrons. The van der Waals surface area contributed by atoms with Crippen molar-refractivity contribution in [1.29, 1.82) is 0 Å². The van der Waals surface area contributed by atoms with Crippen molar-refractivity contribution in [1.82, 2.24) is 14.9 Å². The van der Waals surface area contributed by atoms with Crippen LogP contribution in [-0.4, -0.2) is 32.8 Å². The van der Waals surface area contributed by atoms with E-state index < -0.39 is 10.0 Å². The molecule has 0 unspecified atom stereocenters. The monoisotopic (exact) mass is 375 g/mol. The van der Waals surface area contributed by atoms with Gasteiger partial charge in [-0.1, -0.05) is 18.2 Å². The molecule has 9 heteroatoms. The third-order valence-electron chi connectivity index (χ3n) is 3.56. The second kappa shape index (κ2) is 7.54. The van der Waals surface area contributed by atoms with E-state index in [2.05, 4.69) is 14.9 Å². The first kappa shape index (κ1) is 17.9. The zero-order valence-electron chi connectivity index (χ0n) is 14.2. The summed E-state index contributed by atoms with van der Waals surface area (Å²) >= 11 is 0. The van der Waals surface area contributed by atoms with Crippen LogP contribution >= 0.6 is 0 Å². The highest BCUT2D eigenvalue weighted by atomic mass is 32.2. The number of hydrogen-bond donors (Lipinski definition) is 1. The molecule has 0 saturated heterocycles. The fraction of sp³-hybridized carbons (Fsp3) is 0.176. The Kier molecular flexibility index (Phi) is 5.19. The highest BCUT2D eigenvalue weighted by Crippen LogP contribution is 2.28. The van der Waals surface area contributed by atoms with E-state index in [1.807, 2.05) is 30.3 Å². The average molecular weight is 375 g/mol. The van der Waals surface area contributed by atoms with Crippen LogP contribution in [0.1, 0.15) is 5.89 Å². The third kappa shape index (κ3) is 3.84. The first-order chi connectivity index (χ1) is 12.5. The van der Waals surface area contributed by atoms with Crippen molar-refractivity contribution in [2.45, 2.75) is 11.4 Å². The molecule has 0 aliphatic heterocycles. The number of methoxy groups -OCH3 is 2. The largest absolute Gasteiger partial charge is 0.497 e. The molecule has 0 fully saturated rings. The highest BCUT2D eigenvalue weighted by Gasteiger charge is 2.21. The normalized spacial score (nSPS) is 11.3. The van der Waals surface area contributed by atoms with Gasteiger partial charge in [0.05, 0.1) is 20.8 Å². The lowest BCUT2D eigenvalue weighted by Gasteiger charge is -2.11. The molecule has 0 amide bonds. The van der Waals surface area contributed by atoms with Crippen molar-refractivity contribution in [3.05, 3.63) is 54.4 Å². The number of rotatable bonds is 7. The van der Waals surface area contributed by atoms with Crippen LogP contribution in [0.5, 0.6) is 11.5 Å². The van der Waals surface area contributed by atoms with Crippen LogP contribution in [0.3, 0.4) is 0 Å². The standard InChI is InChI=1S/C17H17N3O5S/c1-23-13-8-9-14(24-2)15(10-13)26(21,22)18-11-16-19-20-17(25-16)12-6-4-3-5-7-12/h3-10,18H,11H2,1-2H3. The molecule has 0 aliphatic rings. The Morgan fingerprint density at radius 2 is 1.81 bits per heavy atom. The lowest BCUT2D eigenvalue weighted by molar-refractivity contribution is 0.391. The zero-order valence-corrected chi connectivity index (χ0v) is 15.0. The van der Waals surface area contributed by atoms with Crippen LogP contribution in [0.25, 0.3) is 11.5 Å². The van der Waals surface area contributed by atoms with Gasteiger partial charge in [0.15, 0.2) is 0 Å². The van der Waals surface area contributed by atoms with Crippen molar-refractivity contribution in [2.24, 2.45) is 0 Å². The number of benzene rings is 2. The summed E-state index contributed by atoms with van der Waals surface area (Å²) in [5, 5.41) is 7.79. The van der Waals surface area contributed by atoms with E-state index in [4.69, 9.17) is 13.9 Å². The second-order valence-corrected chi connectivity index (χ2v) is 6.94. The van der Waals surface area contributed by atoms with Crippen LogP contribution in [0.15, 0.2) is 57.8 Å². The van der Waals surface area contributed by atoms with Crippen LogP contribution < -0.4 is 14.2 Å². The second-order valence-electron chi connectivity index (χ2n) is 5.21. The zero-order chi connectivity index (χ0) is 18.6. The Morgan fingerprint density at radius 1 is 1.04 bits per heavy atom. The van der Waals surface area contributed by atoms with Gasteiger partial charge in [-0.3, -0.25) is 0 Å². The smallest absolute Gasteiger partial charge is 0.247 e. The maximum atomic E-state index is 12.6. The summed E-state index contributed by atoms with van der Waals surface area (Å²) in [6, 6.07) is 13.7. The summed E-state index contributed by atoms with van der Waals surface area (Å²) in [6.45, 7) is -0.150. The van der Waals surface area contributed by atoms with E-state index >= 15 is 0 Å². The molecule has 2 aromatic carbocycles. The van der Waals surface area contributed by atoms with E-state index in [0.717, 1.165) is 5.56 Å². The number of sulfonamides is 1. The van der Waals surface area contributed by atoms with Crippen LogP contribution in [0.4, 0.5) is 0 Å². The van der Waals surface area contributed by atoms with Crippen molar-refractivity contribution in [2.75, 3.05) is 14.2 Å². The van der Waals surface area contributed by atoms with Gasteiger partial charge in [-0.05, 0) is 24.3 Å². The predicted octanol–water partition coefficient (Wildman–Crippen LogP) is 2.23. The topological polar surface area (TPSA) is 104 Å². The van der Waals surface area contributed by atoms with Gasteiger partial charge >= 0.3 is 0 Å². The molecule has 1 N–H and O–H groups in total. The van der Waals surface area contributed by atoms with Gasteiger partial charge in [-0.2, -0.15) is 0 Å². The van der Waals surface area contributed by atoms with Gasteiger partial charge in [-0.25, -0.2) is 13.1 Å². The molecule has 3 aromatic rings. The van der Waals surface area contributed by atoms with Gasteiger partial charge < -0.3 is 13.9 Å². The van der Waals surface area contributed by atoms with Gasteiger partial charge in [0, 0.05) is 11.6 Å². The Bertz CT molecular complexity index is 987. The number of nitrogens with zero attached hydrogens (tertiary/aromatic N) is 2. The maximum Gasteiger partial charge on any atom is 0.247 e. The molecule has 136 valence electrons. The van der Waals surface area contributed by atoms with Crippen molar-refractivity contribution < 1.29 is 22.3 Å². The summed E-state index contributed by atoms with van der Waals surface area (Å²) < 4.78 is 43.3. The molecular weight excluding hydrogens is 358 g/mol. The minimum absolute atomic E-state index is 0.0397. The molecular formula is C17H17N3O5S. The van der Waals surface area contributed by atoms with Gasteiger partial charge in [0.2, 0.25) is 21.8 Å². The Morgan fingerprint density at radius 3 is 2.50 bits per heavy atom. The molecule has 26 heavy (non-hydrogen) atoms. The lowest BCUT2D eigenvalue weighted by atomic mass is 10.2. The fourth-order valence-electron chi connectivity index (χ4n) is 2.25. The summed E-state index contributed by atoms with van der Waals surface area (Å²) in [7, 11) is -1.02. The summed E-state index contributed by atoms with van der Waals surface area (Å²) in [4.78, 5) is -0.0397. The highest BCUT2D eigenvalue weighted by molar-refractivity contribution is 7.89. The van der Waals surface area contributed by atoms with E-state index in [0.29, 0.717) is 11.6 Å². The quantitative estimate of drug-likeness (QED) is 0.675. The predicted molar refractivity (Wildman–Crippen MR) is 93.3 cm³/mol. The molecule has 0 bridgehead atoms. The minimum Gasteiger partial charge on any atom is -0.497 e. The van der Waals surface area contributed by atoms with Crippen LogP contribution in [-0.2, 0) is 16.6 Å². The number of aromatic nitrogens is 2. The summed E-state index contributed by atoms with van der Waals surface area (Å²) in [6.07, 6.45) is 0. The number of ether oxygens (including phenoxy) is 2. The van der Waals surface area contributed by atoms with Gasteiger partial charge in [0.1, 0.15) is 16.4 Å². The average Bonchev–Trinajstić information content (AvgIpc) is 3.16. The fourth-order valence-corrected chi connectivity index (χ4v) is 3.41. The van der Waals surface area contributed by atoms with Crippen LogP contribution in [0, 0.1) is 0 Å². The number of nitrogens with one attached hydrogen (secondary N) is 1. The molecule has 0 spiro atoms. The first-order valence-electron chi connectivity index (χ1n) is 7.63. The number of hydrogen-bond acceptors (Lipinski definition) is 7. The van der Waals surface area contributed by atoms with Crippen molar-refractivity contribution in [3.8, 4) is 23.0 Å². The van der Waals surface area contributed by atoms with Crippen molar-refractivity contribution in [3.63, 3.8) is 0 Å². The van der Waals surface area contributed by atoms with Crippen LogP contribution in [0.2, 0.25) is 0 Å². The van der Waals surface area contributed by atoms with E-state index in [1.165, 1.54) is 26.4 Å². The minimum atomic E-state index is -3.87. The Hall–Kier alpha value is -2.91. The molecule has 8 nitrogen and oxygen atoms in total. The Balaban J connectivity index is 1.78. The molecule has 0 atom stereocenters. The Labute approximate surface area is 150 Å². The molecule has 3 rings (SSSR count).